The number of para-hydroxylation sites is 2. The summed E-state index contributed by atoms with van der Waals surface area (Å²) in [6.07, 6.45) is 0. The second-order valence-corrected chi connectivity index (χ2v) is 16.7. The van der Waals surface area contributed by atoms with Crippen LogP contribution in [-0.4, -0.2) is 0 Å². The number of furan rings is 1. The Labute approximate surface area is 366 Å². The molecule has 0 fully saturated rings. The van der Waals surface area contributed by atoms with Crippen molar-refractivity contribution in [2.75, 3.05) is 4.90 Å². The molecule has 1 heterocycles. The van der Waals surface area contributed by atoms with Crippen molar-refractivity contribution in [2.45, 2.75) is 5.41 Å². The Balaban J connectivity index is 1.12. The molecule has 1 spiro atoms. The van der Waals surface area contributed by atoms with Gasteiger partial charge in [0.25, 0.3) is 0 Å². The van der Waals surface area contributed by atoms with Crippen molar-refractivity contribution < 1.29 is 4.42 Å². The minimum Gasteiger partial charge on any atom is -0.456 e. The van der Waals surface area contributed by atoms with E-state index in [4.69, 9.17) is 4.42 Å². The van der Waals surface area contributed by atoms with Gasteiger partial charge in [0.05, 0.1) is 11.1 Å². The topological polar surface area (TPSA) is 16.4 Å². The molecule has 0 N–H and O–H groups in total. The minimum atomic E-state index is -0.633. The van der Waals surface area contributed by atoms with Gasteiger partial charge in [-0.15, -0.1) is 0 Å². The molecular weight excluding hydrogens is 763 g/mol. The van der Waals surface area contributed by atoms with Crippen molar-refractivity contribution in [1.82, 2.24) is 0 Å². The number of benzene rings is 10. The summed E-state index contributed by atoms with van der Waals surface area (Å²) in [6, 6.07) is 86.8. The Morgan fingerprint density at radius 3 is 1.52 bits per heavy atom. The molecule has 1 atom stereocenters. The van der Waals surface area contributed by atoms with Crippen LogP contribution in [0, 0.1) is 0 Å². The zero-order valence-electron chi connectivity index (χ0n) is 34.4. The molecule has 0 saturated heterocycles. The maximum Gasteiger partial charge on any atom is 0.136 e. The fourth-order valence-electron chi connectivity index (χ4n) is 10.8. The van der Waals surface area contributed by atoms with E-state index in [9.17, 15) is 0 Å². The molecule has 2 aliphatic rings. The molecule has 0 radical (unpaired) electrons. The Kier molecular flexibility index (Phi) is 7.85. The summed E-state index contributed by atoms with van der Waals surface area (Å²) in [5, 5.41) is 2.27. The molecule has 10 aromatic carbocycles. The average Bonchev–Trinajstić information content (AvgIpc) is 3.83. The molecular formula is C61H39NO. The van der Waals surface area contributed by atoms with Gasteiger partial charge in [0.1, 0.15) is 11.2 Å². The molecule has 2 heteroatoms. The van der Waals surface area contributed by atoms with Crippen LogP contribution in [0.25, 0.3) is 77.6 Å². The van der Waals surface area contributed by atoms with Gasteiger partial charge in [-0.2, -0.15) is 0 Å². The molecule has 0 bridgehead atoms. The van der Waals surface area contributed by atoms with Gasteiger partial charge < -0.3 is 9.32 Å². The number of nitrogens with zero attached hydrogens (tertiary/aromatic N) is 1. The van der Waals surface area contributed by atoms with Crippen molar-refractivity contribution in [3.63, 3.8) is 0 Å². The molecule has 1 unspecified atom stereocenters. The zero-order chi connectivity index (χ0) is 41.5. The summed E-state index contributed by atoms with van der Waals surface area (Å²) in [4.78, 5) is 2.45. The average molecular weight is 802 g/mol. The Morgan fingerprint density at radius 1 is 0.286 bits per heavy atom. The molecule has 2 aliphatic carbocycles. The van der Waals surface area contributed by atoms with Crippen molar-refractivity contribution in [1.29, 1.82) is 0 Å². The molecule has 2 nitrogen and oxygen atoms in total. The van der Waals surface area contributed by atoms with Crippen LogP contribution < -0.4 is 4.90 Å². The number of fused-ring (bicyclic) bond motifs is 15. The van der Waals surface area contributed by atoms with E-state index in [1.807, 2.05) is 0 Å². The first-order valence-corrected chi connectivity index (χ1v) is 21.8. The van der Waals surface area contributed by atoms with Crippen LogP contribution in [0.2, 0.25) is 0 Å². The molecule has 13 rings (SSSR count). The van der Waals surface area contributed by atoms with E-state index in [0.29, 0.717) is 0 Å². The highest BCUT2D eigenvalue weighted by molar-refractivity contribution is 6.09. The standard InChI is InChI=1S/C61H39NO/c1-3-17-40(18-4-1)41-31-33-43(34-32-41)62(58-29-15-11-21-45(58)42-19-5-2-6-20-42)44-35-36-56-51(37-44)47-23-8-7-22-46(47)48-24-9-13-27-54(48)61(56)55-28-14-10-25-49(55)52-39-60-53(38-57(52)61)50-26-12-16-30-59(50)63-60/h1-39H. The third-order valence-corrected chi connectivity index (χ3v) is 13.5. The monoisotopic (exact) mass is 801 g/mol. The highest BCUT2D eigenvalue weighted by atomic mass is 16.3. The lowest BCUT2D eigenvalue weighted by Gasteiger charge is -2.36. The lowest BCUT2D eigenvalue weighted by molar-refractivity contribution is 0.668. The van der Waals surface area contributed by atoms with Gasteiger partial charge in [-0.25, -0.2) is 0 Å². The summed E-state index contributed by atoms with van der Waals surface area (Å²) in [7, 11) is 0. The third kappa shape index (κ3) is 5.25. The van der Waals surface area contributed by atoms with Crippen LogP contribution >= 0.6 is 0 Å². The van der Waals surface area contributed by atoms with E-state index >= 15 is 0 Å². The second kappa shape index (κ2) is 13.9. The lowest BCUT2D eigenvalue weighted by Crippen LogP contribution is -2.29. The maximum absolute atomic E-state index is 6.58. The van der Waals surface area contributed by atoms with Crippen LogP contribution in [-0.2, 0) is 5.41 Å². The first kappa shape index (κ1) is 35.5. The second-order valence-electron chi connectivity index (χ2n) is 16.7. The van der Waals surface area contributed by atoms with Crippen LogP contribution in [0.1, 0.15) is 22.3 Å². The summed E-state index contributed by atoms with van der Waals surface area (Å²) in [5.74, 6) is 0. The molecule has 1 aromatic heterocycles. The lowest BCUT2D eigenvalue weighted by atomic mass is 9.65. The van der Waals surface area contributed by atoms with Gasteiger partial charge in [0.2, 0.25) is 0 Å². The highest BCUT2D eigenvalue weighted by Crippen LogP contribution is 2.62. The van der Waals surface area contributed by atoms with Crippen molar-refractivity contribution >= 4 is 39.0 Å². The summed E-state index contributed by atoms with van der Waals surface area (Å²) < 4.78 is 6.58. The van der Waals surface area contributed by atoms with Crippen molar-refractivity contribution in [3.8, 4) is 55.6 Å². The predicted molar refractivity (Wildman–Crippen MR) is 261 cm³/mol. The predicted octanol–water partition coefficient (Wildman–Crippen LogP) is 16.4. The van der Waals surface area contributed by atoms with E-state index in [2.05, 4.69) is 241 Å². The summed E-state index contributed by atoms with van der Waals surface area (Å²) in [5.41, 5.74) is 21.7. The van der Waals surface area contributed by atoms with E-state index in [-0.39, 0.29) is 0 Å². The van der Waals surface area contributed by atoms with Crippen LogP contribution in [0.15, 0.2) is 241 Å². The minimum absolute atomic E-state index is 0.633. The van der Waals surface area contributed by atoms with Gasteiger partial charge in [-0.3, -0.25) is 0 Å². The normalized spacial score (nSPS) is 14.4. The maximum atomic E-state index is 6.58. The quantitative estimate of drug-likeness (QED) is 0.172. The molecule has 0 saturated carbocycles. The van der Waals surface area contributed by atoms with Gasteiger partial charge in [-0.05, 0) is 121 Å². The first-order chi connectivity index (χ1) is 31.3. The largest absolute Gasteiger partial charge is 0.456 e. The molecule has 0 amide bonds. The summed E-state index contributed by atoms with van der Waals surface area (Å²) in [6.45, 7) is 0. The Hall–Kier alpha value is -8.20. The number of anilines is 3. The first-order valence-electron chi connectivity index (χ1n) is 21.8. The fraction of sp³-hybridized carbons (Fsp3) is 0.0164. The number of hydrogen-bond acceptors (Lipinski definition) is 2. The van der Waals surface area contributed by atoms with Crippen LogP contribution in [0.4, 0.5) is 17.1 Å². The van der Waals surface area contributed by atoms with E-state index in [1.165, 1.54) is 77.9 Å². The van der Waals surface area contributed by atoms with Crippen molar-refractivity contribution in [2.24, 2.45) is 0 Å². The SMILES string of the molecule is c1ccc(-c2ccc(N(c3ccc4c(c3)-c3ccccc3-c3ccccc3C43c4ccccc4-c4cc5oc6ccccc6c5cc43)c3ccccc3-c3ccccc3)cc2)cc1. The van der Waals surface area contributed by atoms with E-state index in [1.54, 1.807) is 0 Å². The zero-order valence-corrected chi connectivity index (χ0v) is 34.4. The number of hydrogen-bond donors (Lipinski definition) is 0. The van der Waals surface area contributed by atoms with Gasteiger partial charge >= 0.3 is 0 Å². The molecule has 294 valence electrons. The van der Waals surface area contributed by atoms with Crippen LogP contribution in [0.5, 0.6) is 0 Å². The Morgan fingerprint density at radius 2 is 0.794 bits per heavy atom. The van der Waals surface area contributed by atoms with Gasteiger partial charge in [0.15, 0.2) is 0 Å². The molecule has 0 aliphatic heterocycles. The summed E-state index contributed by atoms with van der Waals surface area (Å²) >= 11 is 0. The van der Waals surface area contributed by atoms with Crippen LogP contribution in [0.3, 0.4) is 0 Å². The van der Waals surface area contributed by atoms with Gasteiger partial charge in [0, 0.05) is 27.7 Å². The van der Waals surface area contributed by atoms with Gasteiger partial charge in [-0.1, -0.05) is 188 Å². The fourth-order valence-corrected chi connectivity index (χ4v) is 10.8. The smallest absolute Gasteiger partial charge is 0.136 e. The molecule has 11 aromatic rings. The Bertz CT molecular complexity index is 3570. The van der Waals surface area contributed by atoms with Crippen molar-refractivity contribution in [3.05, 3.63) is 259 Å². The highest BCUT2D eigenvalue weighted by Gasteiger charge is 2.50. The molecule has 63 heavy (non-hydrogen) atoms. The number of rotatable bonds is 5. The van der Waals surface area contributed by atoms with E-state index < -0.39 is 5.41 Å². The third-order valence-electron chi connectivity index (χ3n) is 13.5. The van der Waals surface area contributed by atoms with E-state index in [0.717, 1.165) is 39.0 Å².